The maximum absolute atomic E-state index is 12.7. The lowest BCUT2D eigenvalue weighted by molar-refractivity contribution is 0.00158. The Labute approximate surface area is 147 Å². The molecule has 0 aliphatic carbocycles. The molecule has 2 aliphatic rings. The van der Waals surface area contributed by atoms with Gasteiger partial charge in [0.05, 0.1) is 30.2 Å². The van der Waals surface area contributed by atoms with Gasteiger partial charge >= 0.3 is 0 Å². The molecule has 4 heterocycles. The first-order chi connectivity index (χ1) is 12.3. The molecule has 1 N–H and O–H groups in total. The molecule has 0 unspecified atom stereocenters. The number of amides is 1. The Morgan fingerprint density at radius 2 is 1.92 bits per heavy atom. The van der Waals surface area contributed by atoms with E-state index < -0.39 is 0 Å². The van der Waals surface area contributed by atoms with E-state index in [4.69, 9.17) is 4.74 Å². The number of H-pyrrole nitrogens is 1. The van der Waals surface area contributed by atoms with Gasteiger partial charge in [-0.25, -0.2) is 0 Å². The second-order valence-corrected chi connectivity index (χ2v) is 6.57. The standard InChI is InChI=1S/C18H23N5O2/c24-18(14-1-2-16(19-13-14)17-3-6-20-21-17)23-7-4-15(5-8-23)22-9-11-25-12-10-22/h1-3,6,13,15H,4-5,7-12H2,(H,20,21). The van der Waals surface area contributed by atoms with Crippen molar-refractivity contribution in [3.8, 4) is 11.4 Å². The van der Waals surface area contributed by atoms with Crippen molar-refractivity contribution in [3.63, 3.8) is 0 Å². The second kappa shape index (κ2) is 7.33. The molecule has 0 aromatic carbocycles. The van der Waals surface area contributed by atoms with Crippen LogP contribution in [0.15, 0.2) is 30.6 Å². The largest absolute Gasteiger partial charge is 0.379 e. The van der Waals surface area contributed by atoms with Crippen LogP contribution >= 0.6 is 0 Å². The lowest BCUT2D eigenvalue weighted by atomic mass is 10.0. The Kier molecular flexibility index (Phi) is 4.76. The quantitative estimate of drug-likeness (QED) is 0.914. The van der Waals surface area contributed by atoms with Crippen LogP contribution in [0.2, 0.25) is 0 Å². The highest BCUT2D eigenvalue weighted by Crippen LogP contribution is 2.20. The minimum Gasteiger partial charge on any atom is -0.379 e. The normalized spacial score (nSPS) is 19.9. The van der Waals surface area contributed by atoms with Crippen molar-refractivity contribution in [2.45, 2.75) is 18.9 Å². The average Bonchev–Trinajstić information content (AvgIpc) is 3.23. The van der Waals surface area contributed by atoms with Gasteiger partial charge in [0.25, 0.3) is 5.91 Å². The summed E-state index contributed by atoms with van der Waals surface area (Å²) in [5.41, 5.74) is 2.29. The van der Waals surface area contributed by atoms with Gasteiger partial charge in [-0.05, 0) is 31.0 Å². The van der Waals surface area contributed by atoms with E-state index in [0.717, 1.165) is 63.6 Å². The summed E-state index contributed by atoms with van der Waals surface area (Å²) in [6.45, 7) is 5.29. The smallest absolute Gasteiger partial charge is 0.255 e. The van der Waals surface area contributed by atoms with Crippen LogP contribution in [0.4, 0.5) is 0 Å². The number of hydrogen-bond acceptors (Lipinski definition) is 5. The molecule has 0 saturated carbocycles. The van der Waals surface area contributed by atoms with E-state index in [-0.39, 0.29) is 5.91 Å². The molecule has 2 aliphatic heterocycles. The Hall–Kier alpha value is -2.25. The summed E-state index contributed by atoms with van der Waals surface area (Å²) >= 11 is 0. The zero-order valence-electron chi connectivity index (χ0n) is 14.2. The SMILES string of the molecule is O=C(c1ccc(-c2ccn[nH]2)nc1)N1CCC(N2CCOCC2)CC1. The number of carbonyl (C=O) groups excluding carboxylic acids is 1. The highest BCUT2D eigenvalue weighted by Gasteiger charge is 2.28. The van der Waals surface area contributed by atoms with Crippen molar-refractivity contribution in [3.05, 3.63) is 36.2 Å². The number of hydrogen-bond donors (Lipinski definition) is 1. The number of morpholine rings is 1. The van der Waals surface area contributed by atoms with Crippen molar-refractivity contribution < 1.29 is 9.53 Å². The number of nitrogens with one attached hydrogen (secondary N) is 1. The fourth-order valence-corrected chi connectivity index (χ4v) is 3.64. The Morgan fingerprint density at radius 1 is 1.12 bits per heavy atom. The fraction of sp³-hybridized carbons (Fsp3) is 0.500. The van der Waals surface area contributed by atoms with Gasteiger partial charge in [-0.1, -0.05) is 0 Å². The molecule has 7 heteroatoms. The number of piperidine rings is 1. The highest BCUT2D eigenvalue weighted by molar-refractivity contribution is 5.94. The second-order valence-electron chi connectivity index (χ2n) is 6.57. The molecule has 0 bridgehead atoms. The summed E-state index contributed by atoms with van der Waals surface area (Å²) in [5, 5.41) is 6.80. The van der Waals surface area contributed by atoms with Gasteiger partial charge in [0.2, 0.25) is 0 Å². The lowest BCUT2D eigenvalue weighted by Crippen LogP contribution is -2.50. The van der Waals surface area contributed by atoms with Gasteiger partial charge in [-0.3, -0.25) is 19.8 Å². The van der Waals surface area contributed by atoms with Crippen LogP contribution in [-0.2, 0) is 4.74 Å². The van der Waals surface area contributed by atoms with E-state index in [1.165, 1.54) is 0 Å². The zero-order valence-corrected chi connectivity index (χ0v) is 14.2. The number of carbonyl (C=O) groups is 1. The molecule has 132 valence electrons. The Balaban J connectivity index is 1.35. The molecular weight excluding hydrogens is 318 g/mol. The topological polar surface area (TPSA) is 74.4 Å². The lowest BCUT2D eigenvalue weighted by Gasteiger charge is -2.40. The van der Waals surface area contributed by atoms with Crippen molar-refractivity contribution in [1.29, 1.82) is 0 Å². The molecule has 2 aromatic rings. The van der Waals surface area contributed by atoms with E-state index in [0.29, 0.717) is 11.6 Å². The van der Waals surface area contributed by atoms with Crippen molar-refractivity contribution >= 4 is 5.91 Å². The van der Waals surface area contributed by atoms with Crippen molar-refractivity contribution in [2.75, 3.05) is 39.4 Å². The molecule has 1 amide bonds. The van der Waals surface area contributed by atoms with E-state index in [9.17, 15) is 4.79 Å². The summed E-state index contributed by atoms with van der Waals surface area (Å²) in [4.78, 5) is 21.6. The number of likely N-dealkylation sites (tertiary alicyclic amines) is 1. The Morgan fingerprint density at radius 3 is 2.56 bits per heavy atom. The average molecular weight is 341 g/mol. The van der Waals surface area contributed by atoms with Crippen LogP contribution in [0, 0.1) is 0 Å². The van der Waals surface area contributed by atoms with Gasteiger partial charge in [0.15, 0.2) is 0 Å². The van der Waals surface area contributed by atoms with Crippen LogP contribution in [0.5, 0.6) is 0 Å². The zero-order chi connectivity index (χ0) is 17.1. The van der Waals surface area contributed by atoms with Gasteiger partial charge in [0, 0.05) is 44.6 Å². The van der Waals surface area contributed by atoms with Crippen molar-refractivity contribution in [2.24, 2.45) is 0 Å². The predicted octanol–water partition coefficient (Wildman–Crippen LogP) is 1.41. The molecule has 2 saturated heterocycles. The number of pyridine rings is 1. The first kappa shape index (κ1) is 16.2. The molecule has 0 spiro atoms. The van der Waals surface area contributed by atoms with Crippen LogP contribution in [0.1, 0.15) is 23.2 Å². The summed E-state index contributed by atoms with van der Waals surface area (Å²) in [6.07, 6.45) is 5.41. The summed E-state index contributed by atoms with van der Waals surface area (Å²) in [7, 11) is 0. The third kappa shape index (κ3) is 3.57. The molecule has 2 aromatic heterocycles. The molecular formula is C18H23N5O2. The maximum atomic E-state index is 12.7. The van der Waals surface area contributed by atoms with E-state index in [1.54, 1.807) is 12.4 Å². The number of rotatable bonds is 3. The monoisotopic (exact) mass is 341 g/mol. The molecule has 0 radical (unpaired) electrons. The van der Waals surface area contributed by atoms with Crippen LogP contribution < -0.4 is 0 Å². The number of aromatic amines is 1. The van der Waals surface area contributed by atoms with Crippen LogP contribution in [-0.4, -0.2) is 76.3 Å². The predicted molar refractivity (Wildman–Crippen MR) is 93.1 cm³/mol. The van der Waals surface area contributed by atoms with E-state index in [2.05, 4.69) is 20.1 Å². The van der Waals surface area contributed by atoms with Gasteiger partial charge in [-0.15, -0.1) is 0 Å². The molecule has 4 rings (SSSR count). The fourth-order valence-electron chi connectivity index (χ4n) is 3.64. The summed E-state index contributed by atoms with van der Waals surface area (Å²) < 4.78 is 5.42. The van der Waals surface area contributed by atoms with Gasteiger partial charge in [0.1, 0.15) is 0 Å². The highest BCUT2D eigenvalue weighted by atomic mass is 16.5. The van der Waals surface area contributed by atoms with E-state index in [1.807, 2.05) is 23.1 Å². The van der Waals surface area contributed by atoms with Gasteiger partial charge < -0.3 is 9.64 Å². The summed E-state index contributed by atoms with van der Waals surface area (Å²) in [6, 6.07) is 6.15. The molecule has 7 nitrogen and oxygen atoms in total. The molecule has 2 fully saturated rings. The number of ether oxygens (including phenoxy) is 1. The first-order valence-corrected chi connectivity index (χ1v) is 8.88. The van der Waals surface area contributed by atoms with Crippen LogP contribution in [0.3, 0.4) is 0 Å². The van der Waals surface area contributed by atoms with Crippen LogP contribution in [0.25, 0.3) is 11.4 Å². The first-order valence-electron chi connectivity index (χ1n) is 8.88. The minimum atomic E-state index is 0.0732. The minimum absolute atomic E-state index is 0.0732. The number of nitrogens with zero attached hydrogens (tertiary/aromatic N) is 4. The third-order valence-corrected chi connectivity index (χ3v) is 5.10. The van der Waals surface area contributed by atoms with Gasteiger partial charge in [-0.2, -0.15) is 5.10 Å². The van der Waals surface area contributed by atoms with E-state index >= 15 is 0 Å². The Bertz CT molecular complexity index is 687. The maximum Gasteiger partial charge on any atom is 0.255 e. The molecule has 25 heavy (non-hydrogen) atoms. The number of aromatic nitrogens is 3. The molecule has 0 atom stereocenters. The van der Waals surface area contributed by atoms with Crippen molar-refractivity contribution in [1.82, 2.24) is 25.0 Å². The third-order valence-electron chi connectivity index (χ3n) is 5.10. The summed E-state index contributed by atoms with van der Waals surface area (Å²) in [5.74, 6) is 0.0732.